The lowest BCUT2D eigenvalue weighted by Gasteiger charge is -2.38. The van der Waals surface area contributed by atoms with Crippen LogP contribution in [0.4, 0.5) is 11.6 Å². The molecule has 1 N–H and O–H groups in total. The highest BCUT2D eigenvalue weighted by Crippen LogP contribution is 2.35. The van der Waals surface area contributed by atoms with Gasteiger partial charge in [-0.05, 0) is 34.6 Å². The van der Waals surface area contributed by atoms with Crippen molar-refractivity contribution in [1.29, 1.82) is 0 Å². The van der Waals surface area contributed by atoms with E-state index in [4.69, 9.17) is 24.5 Å². The summed E-state index contributed by atoms with van der Waals surface area (Å²) in [6.07, 6.45) is 7.11. The summed E-state index contributed by atoms with van der Waals surface area (Å²) in [4.78, 5) is 24.2. The van der Waals surface area contributed by atoms with Crippen LogP contribution in [0.2, 0.25) is 0 Å². The Hall–Kier alpha value is -4.60. The topological polar surface area (TPSA) is 93.9 Å². The summed E-state index contributed by atoms with van der Waals surface area (Å²) in [7, 11) is 0. The predicted octanol–water partition coefficient (Wildman–Crippen LogP) is 6.32. The Bertz CT molecular complexity index is 1880. The van der Waals surface area contributed by atoms with Crippen LogP contribution in [0.25, 0.3) is 27.7 Å². The van der Waals surface area contributed by atoms with Gasteiger partial charge in [0.1, 0.15) is 11.6 Å². The summed E-state index contributed by atoms with van der Waals surface area (Å²) < 4.78 is 13.8. The number of carbonyl (C=O) groups is 1. The van der Waals surface area contributed by atoms with Gasteiger partial charge in [0.15, 0.2) is 17.2 Å². The molecule has 0 aliphatic carbocycles. The van der Waals surface area contributed by atoms with Gasteiger partial charge in [-0.2, -0.15) is 9.61 Å². The van der Waals surface area contributed by atoms with Gasteiger partial charge in [0.25, 0.3) is 0 Å². The smallest absolute Gasteiger partial charge is 0.171 e. The van der Waals surface area contributed by atoms with Crippen LogP contribution in [0.1, 0.15) is 49.3 Å². The van der Waals surface area contributed by atoms with Crippen LogP contribution in [0, 0.1) is 0 Å². The van der Waals surface area contributed by atoms with E-state index in [0.717, 1.165) is 81.9 Å². The van der Waals surface area contributed by atoms with Gasteiger partial charge in [-0.25, -0.2) is 4.98 Å². The van der Waals surface area contributed by atoms with E-state index < -0.39 is 5.79 Å². The van der Waals surface area contributed by atoms with Gasteiger partial charge < -0.3 is 19.7 Å². The molecule has 5 heterocycles. The highest BCUT2D eigenvalue weighted by Gasteiger charge is 2.40. The van der Waals surface area contributed by atoms with Gasteiger partial charge in [-0.3, -0.25) is 9.78 Å². The molecule has 2 saturated heterocycles. The van der Waals surface area contributed by atoms with Gasteiger partial charge in [0, 0.05) is 67.7 Å². The predicted molar refractivity (Wildman–Crippen MR) is 177 cm³/mol. The molecule has 0 radical (unpaired) electrons. The standard InChI is InChI=1S/C36H38N6O3/c1-4-28(43)20-25-9-10-30-26(19-25)11-14-37-34(30)29-8-6-5-7-27(29)22-38-32-21-33(40-35-31(24(2)3)23-39-42(32)35)41-15-12-36(13-16-41)44-17-18-45-36/h4-11,14,19,21,23-24,38H,1,12-13,15-18,20,22H2,2-3H3. The van der Waals surface area contributed by atoms with Gasteiger partial charge in [0.2, 0.25) is 0 Å². The summed E-state index contributed by atoms with van der Waals surface area (Å²) in [5.74, 6) is 1.66. The Balaban J connectivity index is 1.20. The van der Waals surface area contributed by atoms with Crippen LogP contribution in [0.3, 0.4) is 0 Å². The van der Waals surface area contributed by atoms with E-state index in [9.17, 15) is 4.79 Å². The number of hydrogen-bond acceptors (Lipinski definition) is 8. The number of hydrogen-bond donors (Lipinski definition) is 1. The molecule has 9 nitrogen and oxygen atoms in total. The molecule has 9 heteroatoms. The minimum atomic E-state index is -0.439. The van der Waals surface area contributed by atoms with Crippen molar-refractivity contribution in [3.8, 4) is 11.3 Å². The minimum Gasteiger partial charge on any atom is -0.366 e. The number of allylic oxidation sites excluding steroid dienone is 1. The van der Waals surface area contributed by atoms with Crippen LogP contribution in [0.15, 0.2) is 79.6 Å². The molecule has 2 aliphatic heterocycles. The summed E-state index contributed by atoms with van der Waals surface area (Å²) in [5, 5.41) is 10.5. The number of ketones is 1. The maximum Gasteiger partial charge on any atom is 0.171 e. The summed E-state index contributed by atoms with van der Waals surface area (Å²) >= 11 is 0. The highest BCUT2D eigenvalue weighted by molar-refractivity contribution is 5.97. The van der Waals surface area contributed by atoms with Crippen LogP contribution in [-0.2, 0) is 27.2 Å². The molecule has 0 amide bonds. The zero-order valence-corrected chi connectivity index (χ0v) is 25.8. The first-order valence-electron chi connectivity index (χ1n) is 15.7. The van der Waals surface area contributed by atoms with Gasteiger partial charge in [-0.15, -0.1) is 0 Å². The molecule has 0 saturated carbocycles. The summed E-state index contributed by atoms with van der Waals surface area (Å²) in [5.41, 5.74) is 6.02. The Morgan fingerprint density at radius 2 is 1.89 bits per heavy atom. The van der Waals surface area contributed by atoms with Crippen molar-refractivity contribution in [2.24, 2.45) is 0 Å². The average molecular weight is 603 g/mol. The van der Waals surface area contributed by atoms with Crippen LogP contribution in [0.5, 0.6) is 0 Å². The van der Waals surface area contributed by atoms with Crippen molar-refractivity contribution < 1.29 is 14.3 Å². The molecule has 45 heavy (non-hydrogen) atoms. The Labute approximate surface area is 262 Å². The van der Waals surface area contributed by atoms with Crippen molar-refractivity contribution >= 4 is 33.8 Å². The SMILES string of the molecule is C=CC(=O)Cc1ccc2c(-c3ccccc3CNc3cc(N4CCC5(CC4)OCCO5)nc4c(C(C)C)cnn34)nccc2c1. The second-order valence-corrected chi connectivity index (χ2v) is 12.2. The van der Waals surface area contributed by atoms with E-state index in [0.29, 0.717) is 26.2 Å². The normalized spacial score (nSPS) is 16.2. The number of benzene rings is 2. The van der Waals surface area contributed by atoms with Crippen molar-refractivity contribution in [2.75, 3.05) is 36.5 Å². The number of aromatic nitrogens is 4. The average Bonchev–Trinajstić information content (AvgIpc) is 3.71. The monoisotopic (exact) mass is 602 g/mol. The quantitative estimate of drug-likeness (QED) is 0.196. The van der Waals surface area contributed by atoms with E-state index in [1.807, 2.05) is 35.1 Å². The number of piperidine rings is 1. The lowest BCUT2D eigenvalue weighted by Crippen LogP contribution is -2.45. The molecule has 0 unspecified atom stereocenters. The molecule has 1 spiro atoms. The Morgan fingerprint density at radius 3 is 2.67 bits per heavy atom. The molecule has 3 aromatic heterocycles. The lowest BCUT2D eigenvalue weighted by molar-refractivity contribution is -0.169. The molecule has 2 aromatic carbocycles. The third kappa shape index (κ3) is 5.69. The molecule has 2 aliphatic rings. The molecule has 5 aromatic rings. The van der Waals surface area contributed by atoms with Crippen LogP contribution >= 0.6 is 0 Å². The third-order valence-corrected chi connectivity index (χ3v) is 8.94. The van der Waals surface area contributed by atoms with Crippen molar-refractivity contribution in [2.45, 2.75) is 51.4 Å². The second-order valence-electron chi connectivity index (χ2n) is 12.2. The lowest BCUT2D eigenvalue weighted by atomic mass is 9.97. The maximum atomic E-state index is 12.0. The fraction of sp³-hybridized carbons (Fsp3) is 0.333. The van der Waals surface area contributed by atoms with E-state index in [1.54, 1.807) is 0 Å². The second kappa shape index (κ2) is 12.1. The number of rotatable bonds is 9. The summed E-state index contributed by atoms with van der Waals surface area (Å²) in [6.45, 7) is 11.5. The number of nitrogens with zero attached hydrogens (tertiary/aromatic N) is 5. The molecular formula is C36H38N6O3. The first kappa shape index (κ1) is 29.1. The minimum absolute atomic E-state index is 0.00664. The van der Waals surface area contributed by atoms with Crippen molar-refractivity contribution in [1.82, 2.24) is 19.6 Å². The van der Waals surface area contributed by atoms with Crippen molar-refractivity contribution in [3.05, 3.63) is 96.3 Å². The van der Waals surface area contributed by atoms with E-state index in [1.165, 1.54) is 6.08 Å². The first-order valence-corrected chi connectivity index (χ1v) is 15.7. The molecule has 0 bridgehead atoms. The summed E-state index contributed by atoms with van der Waals surface area (Å²) in [6, 6.07) is 18.6. The van der Waals surface area contributed by atoms with E-state index >= 15 is 0 Å². The molecular weight excluding hydrogens is 564 g/mol. The number of anilines is 2. The van der Waals surface area contributed by atoms with Crippen LogP contribution in [-0.4, -0.2) is 57.5 Å². The Morgan fingerprint density at radius 1 is 1.09 bits per heavy atom. The fourth-order valence-electron chi connectivity index (χ4n) is 6.44. The highest BCUT2D eigenvalue weighted by atomic mass is 16.7. The zero-order chi connectivity index (χ0) is 31.0. The third-order valence-electron chi connectivity index (χ3n) is 8.94. The van der Waals surface area contributed by atoms with Gasteiger partial charge >= 0.3 is 0 Å². The van der Waals surface area contributed by atoms with Gasteiger partial charge in [0.05, 0.1) is 25.1 Å². The number of nitrogens with one attached hydrogen (secondary N) is 1. The van der Waals surface area contributed by atoms with E-state index in [2.05, 4.69) is 67.0 Å². The van der Waals surface area contributed by atoms with Gasteiger partial charge in [-0.1, -0.05) is 62.9 Å². The first-order chi connectivity index (χ1) is 21.9. The van der Waals surface area contributed by atoms with Crippen LogP contribution < -0.4 is 10.2 Å². The number of pyridine rings is 1. The number of ether oxygens (including phenoxy) is 2. The molecule has 2 fully saturated rings. The van der Waals surface area contributed by atoms with Crippen molar-refractivity contribution in [3.63, 3.8) is 0 Å². The fourth-order valence-corrected chi connectivity index (χ4v) is 6.44. The zero-order valence-electron chi connectivity index (χ0n) is 25.8. The molecule has 7 rings (SSSR count). The number of fused-ring (bicyclic) bond motifs is 2. The Kier molecular flexibility index (Phi) is 7.81. The maximum absolute atomic E-state index is 12.0. The largest absolute Gasteiger partial charge is 0.366 e. The number of carbonyl (C=O) groups excluding carboxylic acids is 1. The molecule has 230 valence electrons. The molecule has 0 atom stereocenters. The van der Waals surface area contributed by atoms with E-state index in [-0.39, 0.29) is 11.7 Å².